The van der Waals surface area contributed by atoms with Crippen molar-refractivity contribution in [2.75, 3.05) is 13.2 Å². The number of rotatable bonds is 5. The zero-order valence-electron chi connectivity index (χ0n) is 15.9. The van der Waals surface area contributed by atoms with Crippen molar-refractivity contribution in [2.24, 2.45) is 5.92 Å². The van der Waals surface area contributed by atoms with Crippen LogP contribution in [0.2, 0.25) is 0 Å². The smallest absolute Gasteiger partial charge is 0.416 e. The Kier molecular flexibility index (Phi) is 6.55. The van der Waals surface area contributed by atoms with Crippen molar-refractivity contribution in [1.82, 2.24) is 0 Å². The number of benzene rings is 1. The molecule has 0 bridgehead atoms. The second-order valence-corrected chi connectivity index (χ2v) is 7.18. The minimum absolute atomic E-state index is 0.0294. The number of aliphatic hydroxyl groups is 1. The highest BCUT2D eigenvalue weighted by atomic mass is 19.4. The number of carbonyl (C=O) groups excluding carboxylic acids is 2. The van der Waals surface area contributed by atoms with Gasteiger partial charge in [-0.05, 0) is 29.8 Å². The van der Waals surface area contributed by atoms with Crippen molar-refractivity contribution in [2.45, 2.75) is 38.2 Å². The fourth-order valence-electron chi connectivity index (χ4n) is 2.67. The molecule has 1 heterocycles. The van der Waals surface area contributed by atoms with Gasteiger partial charge in [-0.15, -0.1) is 0 Å². The third-order valence-corrected chi connectivity index (χ3v) is 4.27. The summed E-state index contributed by atoms with van der Waals surface area (Å²) in [6, 6.07) is 0.902. The van der Waals surface area contributed by atoms with Crippen LogP contribution in [0.1, 0.15) is 37.0 Å². The third kappa shape index (κ3) is 5.53. The zero-order valence-corrected chi connectivity index (χ0v) is 15.9. The number of halogens is 6. The Hall–Kier alpha value is -2.56. The van der Waals surface area contributed by atoms with Crippen molar-refractivity contribution in [3.8, 4) is 0 Å². The van der Waals surface area contributed by atoms with Gasteiger partial charge >= 0.3 is 24.3 Å². The van der Waals surface area contributed by atoms with Crippen LogP contribution in [0.4, 0.5) is 26.3 Å². The van der Waals surface area contributed by atoms with Crippen LogP contribution in [-0.2, 0) is 31.4 Å². The number of cyclic esters (lactones) is 1. The van der Waals surface area contributed by atoms with Gasteiger partial charge in [0.25, 0.3) is 0 Å². The average Bonchev–Trinajstić information content (AvgIpc) is 2.94. The number of carbonyl (C=O) groups is 2. The molecule has 0 radical (unpaired) electrons. The van der Waals surface area contributed by atoms with Gasteiger partial charge in [0.2, 0.25) is 0 Å². The number of hydrogen-bond donors (Lipinski definition) is 1. The number of esters is 2. The Bertz CT molecular complexity index is 824. The van der Waals surface area contributed by atoms with Crippen molar-refractivity contribution in [1.29, 1.82) is 0 Å². The van der Waals surface area contributed by atoms with Crippen LogP contribution in [0, 0.1) is 5.92 Å². The molecule has 1 saturated heterocycles. The maximum Gasteiger partial charge on any atom is 0.416 e. The van der Waals surface area contributed by atoms with Gasteiger partial charge in [0, 0.05) is 12.0 Å². The molecule has 1 atom stereocenters. The molecule has 5 nitrogen and oxygen atoms in total. The highest BCUT2D eigenvalue weighted by Crippen LogP contribution is 2.38. The van der Waals surface area contributed by atoms with Crippen molar-refractivity contribution in [3.05, 3.63) is 40.5 Å². The fraction of sp³-hybridized carbons (Fsp3) is 0.474. The molecule has 1 fully saturated rings. The summed E-state index contributed by atoms with van der Waals surface area (Å²) >= 11 is 0. The van der Waals surface area contributed by atoms with E-state index in [0.717, 1.165) is 6.08 Å². The summed E-state index contributed by atoms with van der Waals surface area (Å²) in [6.07, 6.45) is -9.62. The minimum atomic E-state index is -5.04. The molecule has 0 aliphatic carbocycles. The predicted octanol–water partition coefficient (Wildman–Crippen LogP) is 3.98. The van der Waals surface area contributed by atoms with E-state index in [0.29, 0.717) is 12.1 Å². The molecule has 1 unspecified atom stereocenters. The Labute approximate surface area is 167 Å². The highest BCUT2D eigenvalue weighted by Gasteiger charge is 2.45. The van der Waals surface area contributed by atoms with Gasteiger partial charge in [0.15, 0.2) is 5.60 Å². The van der Waals surface area contributed by atoms with E-state index in [4.69, 9.17) is 9.47 Å². The lowest BCUT2D eigenvalue weighted by Crippen LogP contribution is -2.39. The monoisotopic (exact) mass is 440 g/mol. The lowest BCUT2D eigenvalue weighted by Gasteiger charge is -2.24. The van der Waals surface area contributed by atoms with Crippen molar-refractivity contribution < 1.29 is 50.5 Å². The standard InChI is InChI=1S/C19H18F6O5/c1-10(2)15(27)29-9-17(8-26)7-12(16(28)30-17)3-11-4-13(18(20,21)22)6-14(5-11)19(23,24)25/h3-6,10,26H,7-9H2,1-2H3/b12-3+. The highest BCUT2D eigenvalue weighted by molar-refractivity contribution is 5.96. The van der Waals surface area contributed by atoms with E-state index in [1.807, 2.05) is 0 Å². The number of ether oxygens (including phenoxy) is 2. The molecule has 11 heteroatoms. The van der Waals surface area contributed by atoms with E-state index < -0.39 is 65.7 Å². The van der Waals surface area contributed by atoms with Gasteiger partial charge in [0.1, 0.15) is 6.61 Å². The molecule has 0 spiro atoms. The molecule has 1 N–H and O–H groups in total. The van der Waals surface area contributed by atoms with E-state index in [-0.39, 0.29) is 18.1 Å². The minimum Gasteiger partial charge on any atom is -0.461 e. The number of aliphatic hydroxyl groups excluding tert-OH is 1. The lowest BCUT2D eigenvalue weighted by atomic mass is 9.96. The second-order valence-electron chi connectivity index (χ2n) is 7.18. The van der Waals surface area contributed by atoms with Crippen LogP contribution in [-0.4, -0.2) is 35.9 Å². The van der Waals surface area contributed by atoms with E-state index >= 15 is 0 Å². The van der Waals surface area contributed by atoms with E-state index in [9.17, 15) is 41.0 Å². The molecule has 1 aliphatic rings. The largest absolute Gasteiger partial charge is 0.461 e. The molecule has 2 rings (SSSR count). The molecule has 0 amide bonds. The van der Waals surface area contributed by atoms with Gasteiger partial charge in [0.05, 0.1) is 23.7 Å². The molecular formula is C19H18F6O5. The Balaban J connectivity index is 2.38. The first-order chi connectivity index (χ1) is 13.7. The first kappa shape index (κ1) is 23.7. The molecule has 166 valence electrons. The van der Waals surface area contributed by atoms with E-state index in [1.54, 1.807) is 13.8 Å². The summed E-state index contributed by atoms with van der Waals surface area (Å²) in [5, 5.41) is 9.58. The average molecular weight is 440 g/mol. The van der Waals surface area contributed by atoms with E-state index in [2.05, 4.69) is 0 Å². The molecular weight excluding hydrogens is 422 g/mol. The van der Waals surface area contributed by atoms with Gasteiger partial charge in [-0.25, -0.2) is 4.79 Å². The molecule has 0 saturated carbocycles. The Morgan fingerprint density at radius 3 is 2.13 bits per heavy atom. The summed E-state index contributed by atoms with van der Waals surface area (Å²) in [7, 11) is 0. The van der Waals surface area contributed by atoms with Gasteiger partial charge in [-0.3, -0.25) is 4.79 Å². The summed E-state index contributed by atoms with van der Waals surface area (Å²) in [5.74, 6) is -2.18. The number of alkyl halides is 6. The Morgan fingerprint density at radius 1 is 1.17 bits per heavy atom. The summed E-state index contributed by atoms with van der Waals surface area (Å²) in [6.45, 7) is 1.81. The van der Waals surface area contributed by atoms with E-state index in [1.165, 1.54) is 0 Å². The quantitative estimate of drug-likeness (QED) is 0.426. The van der Waals surface area contributed by atoms with Gasteiger partial charge in [-0.1, -0.05) is 13.8 Å². The fourth-order valence-corrected chi connectivity index (χ4v) is 2.67. The van der Waals surface area contributed by atoms with Crippen LogP contribution in [0.5, 0.6) is 0 Å². The van der Waals surface area contributed by atoms with Crippen LogP contribution >= 0.6 is 0 Å². The third-order valence-electron chi connectivity index (χ3n) is 4.27. The topological polar surface area (TPSA) is 72.8 Å². The van der Waals surface area contributed by atoms with Crippen LogP contribution in [0.15, 0.2) is 23.8 Å². The zero-order chi connectivity index (χ0) is 22.9. The molecule has 1 aromatic carbocycles. The van der Waals surface area contributed by atoms with Crippen LogP contribution in [0.25, 0.3) is 6.08 Å². The maximum atomic E-state index is 13.0. The summed E-state index contributed by atoms with van der Waals surface area (Å²) in [4.78, 5) is 23.7. The van der Waals surface area contributed by atoms with Crippen LogP contribution < -0.4 is 0 Å². The van der Waals surface area contributed by atoms with Crippen molar-refractivity contribution in [3.63, 3.8) is 0 Å². The normalized spacial score (nSPS) is 21.3. The first-order valence-corrected chi connectivity index (χ1v) is 8.68. The summed E-state index contributed by atoms with van der Waals surface area (Å²) < 4.78 is 87.9. The molecule has 1 aliphatic heterocycles. The van der Waals surface area contributed by atoms with Gasteiger partial charge < -0.3 is 14.6 Å². The Morgan fingerprint density at radius 2 is 1.70 bits per heavy atom. The van der Waals surface area contributed by atoms with Crippen molar-refractivity contribution >= 4 is 18.0 Å². The van der Waals surface area contributed by atoms with Gasteiger partial charge in [-0.2, -0.15) is 26.3 Å². The molecule has 30 heavy (non-hydrogen) atoms. The van der Waals surface area contributed by atoms with Crippen LogP contribution in [0.3, 0.4) is 0 Å². The molecule has 0 aromatic heterocycles. The predicted molar refractivity (Wildman–Crippen MR) is 90.7 cm³/mol. The SMILES string of the molecule is CC(C)C(=O)OCC1(CO)C/C(=C\c2cc(C(F)(F)F)cc(C(F)(F)F)c2)C(=O)O1. The molecule has 1 aromatic rings. The number of hydrogen-bond acceptors (Lipinski definition) is 5. The summed E-state index contributed by atoms with van der Waals surface area (Å²) in [5.41, 5.74) is -5.51. The lowest BCUT2D eigenvalue weighted by molar-refractivity contribution is -0.168. The second kappa shape index (κ2) is 8.29. The first-order valence-electron chi connectivity index (χ1n) is 8.68. The maximum absolute atomic E-state index is 13.0.